The van der Waals surface area contributed by atoms with Crippen molar-refractivity contribution in [3.05, 3.63) is 11.5 Å². The minimum absolute atomic E-state index is 1.16. The lowest BCUT2D eigenvalue weighted by molar-refractivity contribution is 1.52. The molecule has 0 rings (SSSR count). The molecule has 8 heavy (non-hydrogen) atoms. The average molecular weight is 260 g/mol. The number of thioether (sulfide) groups is 1. The number of halogens is 1. The molecule has 0 saturated heterocycles. The van der Waals surface area contributed by atoms with E-state index in [4.69, 9.17) is 0 Å². The third-order valence-electron chi connectivity index (χ3n) is 0.566. The number of rotatable bonds is 4. The van der Waals surface area contributed by atoms with Crippen LogP contribution in [-0.2, 0) is 0 Å². The molecule has 0 aromatic rings. The molecule has 0 aliphatic carbocycles. The topological polar surface area (TPSA) is 0 Å². The van der Waals surface area contributed by atoms with Gasteiger partial charge in [0.05, 0.1) is 0 Å². The average Bonchev–Trinajstić information content (AvgIpc) is 1.81. The Bertz CT molecular complexity index is 63.4. The van der Waals surface area contributed by atoms with Crippen molar-refractivity contribution in [2.45, 2.75) is 6.92 Å². The van der Waals surface area contributed by atoms with Crippen molar-refractivity contribution >= 4 is 41.9 Å². The molecular formula is C5H9IS2. The summed E-state index contributed by atoms with van der Waals surface area (Å²) in [6.45, 7) is 2.18. The summed E-state index contributed by atoms with van der Waals surface area (Å²) < 4.78 is 0. The highest BCUT2D eigenvalue weighted by atomic mass is 127. The Hall–Kier alpha value is 1.17. The van der Waals surface area contributed by atoms with Gasteiger partial charge in [-0.15, -0.1) is 0 Å². The maximum atomic E-state index is 2.26. The minimum Gasteiger partial charge on any atom is -0.158 e. The van der Waals surface area contributed by atoms with Gasteiger partial charge in [-0.3, -0.25) is 0 Å². The molecule has 0 nitrogen and oxygen atoms in total. The van der Waals surface area contributed by atoms with Crippen LogP contribution in [0, 0.1) is 0 Å². The highest BCUT2D eigenvalue weighted by Crippen LogP contribution is 2.12. The summed E-state index contributed by atoms with van der Waals surface area (Å²) in [5.41, 5.74) is 0. The van der Waals surface area contributed by atoms with Crippen LogP contribution in [-0.4, -0.2) is 11.5 Å². The summed E-state index contributed by atoms with van der Waals surface area (Å²) in [6, 6.07) is 0. The SMILES string of the molecule is CCSC/C=C\SI. The van der Waals surface area contributed by atoms with Crippen molar-refractivity contribution in [3.63, 3.8) is 0 Å². The smallest absolute Gasteiger partial charge is 0.0121 e. The van der Waals surface area contributed by atoms with Gasteiger partial charge in [-0.05, 0) is 11.2 Å². The van der Waals surface area contributed by atoms with Gasteiger partial charge in [0.25, 0.3) is 0 Å². The normalized spacial score (nSPS) is 10.8. The summed E-state index contributed by atoms with van der Waals surface area (Å²) in [5, 5.41) is 2.11. The molecule has 0 aliphatic rings. The molecular weight excluding hydrogens is 251 g/mol. The Kier molecular flexibility index (Phi) is 9.36. The van der Waals surface area contributed by atoms with E-state index >= 15 is 0 Å². The molecule has 0 aromatic carbocycles. The maximum absolute atomic E-state index is 2.26. The first-order valence-electron chi connectivity index (χ1n) is 2.42. The fourth-order valence-electron chi connectivity index (χ4n) is 0.262. The quantitative estimate of drug-likeness (QED) is 0.561. The monoisotopic (exact) mass is 260 g/mol. The third kappa shape index (κ3) is 7.17. The van der Waals surface area contributed by atoms with E-state index in [1.165, 1.54) is 5.75 Å². The van der Waals surface area contributed by atoms with Crippen LogP contribution in [0.1, 0.15) is 6.92 Å². The second kappa shape index (κ2) is 8.17. The van der Waals surface area contributed by atoms with E-state index in [2.05, 4.69) is 39.6 Å². The van der Waals surface area contributed by atoms with Crippen molar-refractivity contribution in [2.24, 2.45) is 0 Å². The van der Waals surface area contributed by atoms with Gasteiger partial charge in [-0.2, -0.15) is 11.8 Å². The van der Waals surface area contributed by atoms with Crippen LogP contribution < -0.4 is 0 Å². The molecule has 0 aromatic heterocycles. The summed E-state index contributed by atoms with van der Waals surface area (Å²) in [7, 11) is 1.73. The van der Waals surface area contributed by atoms with Gasteiger partial charge in [0.1, 0.15) is 0 Å². The Balaban J connectivity index is 2.80. The fourth-order valence-corrected chi connectivity index (χ4v) is 1.64. The highest BCUT2D eigenvalue weighted by molar-refractivity contribution is 14.2. The predicted octanol–water partition coefficient (Wildman–Crippen LogP) is 3.34. The van der Waals surface area contributed by atoms with E-state index in [1.54, 1.807) is 8.93 Å². The zero-order chi connectivity index (χ0) is 6.24. The molecule has 0 heterocycles. The van der Waals surface area contributed by atoms with Crippen LogP contribution in [0.4, 0.5) is 0 Å². The minimum atomic E-state index is 1.16. The standard InChI is InChI=1S/C5H9IS2/c1-2-7-4-3-5-8-6/h3,5H,2,4H2,1H3/b5-3-. The summed E-state index contributed by atoms with van der Waals surface area (Å²) >= 11 is 4.20. The van der Waals surface area contributed by atoms with E-state index in [0.717, 1.165) is 5.75 Å². The molecule has 0 fully saturated rings. The molecule has 0 radical (unpaired) electrons. The lowest BCUT2D eigenvalue weighted by atomic mass is 10.8. The molecule has 0 bridgehead atoms. The molecule has 0 unspecified atom stereocenters. The summed E-state index contributed by atoms with van der Waals surface area (Å²) in [6.07, 6.45) is 2.19. The lowest BCUT2D eigenvalue weighted by Gasteiger charge is -1.85. The van der Waals surface area contributed by atoms with Gasteiger partial charge >= 0.3 is 0 Å². The van der Waals surface area contributed by atoms with Crippen LogP contribution in [0.15, 0.2) is 11.5 Å². The third-order valence-corrected chi connectivity index (χ3v) is 2.58. The molecule has 0 aliphatic heterocycles. The van der Waals surface area contributed by atoms with Crippen molar-refractivity contribution in [1.82, 2.24) is 0 Å². The first kappa shape index (κ1) is 9.17. The fraction of sp³-hybridized carbons (Fsp3) is 0.600. The Morgan fingerprint density at radius 3 is 2.88 bits per heavy atom. The Labute approximate surface area is 71.5 Å². The van der Waals surface area contributed by atoms with Crippen molar-refractivity contribution in [1.29, 1.82) is 0 Å². The number of hydrogen-bond donors (Lipinski definition) is 0. The molecule has 0 saturated carbocycles. The van der Waals surface area contributed by atoms with E-state index in [-0.39, 0.29) is 0 Å². The second-order valence-corrected chi connectivity index (χ2v) is 4.42. The number of hydrogen-bond acceptors (Lipinski definition) is 2. The van der Waals surface area contributed by atoms with Gasteiger partial charge in [0.2, 0.25) is 0 Å². The molecule has 0 spiro atoms. The van der Waals surface area contributed by atoms with Crippen LogP contribution in [0.3, 0.4) is 0 Å². The van der Waals surface area contributed by atoms with Crippen LogP contribution >= 0.6 is 41.9 Å². The highest BCUT2D eigenvalue weighted by Gasteiger charge is 1.74. The second-order valence-electron chi connectivity index (χ2n) is 1.12. The van der Waals surface area contributed by atoms with Crippen molar-refractivity contribution in [3.8, 4) is 0 Å². The van der Waals surface area contributed by atoms with Gasteiger partial charge in [0.15, 0.2) is 0 Å². The maximum Gasteiger partial charge on any atom is 0.0121 e. The zero-order valence-corrected chi connectivity index (χ0v) is 8.55. The largest absolute Gasteiger partial charge is 0.158 e. The lowest BCUT2D eigenvalue weighted by Crippen LogP contribution is -1.68. The van der Waals surface area contributed by atoms with Gasteiger partial charge < -0.3 is 0 Å². The van der Waals surface area contributed by atoms with Crippen LogP contribution in [0.25, 0.3) is 0 Å². The molecule has 0 atom stereocenters. The van der Waals surface area contributed by atoms with Crippen molar-refractivity contribution in [2.75, 3.05) is 11.5 Å². The zero-order valence-electron chi connectivity index (χ0n) is 4.76. The van der Waals surface area contributed by atoms with Crippen LogP contribution in [0.2, 0.25) is 0 Å². The van der Waals surface area contributed by atoms with Crippen molar-refractivity contribution < 1.29 is 0 Å². The molecule has 0 N–H and O–H groups in total. The summed E-state index contributed by atoms with van der Waals surface area (Å²) in [4.78, 5) is 0. The first-order chi connectivity index (χ1) is 3.91. The first-order valence-corrected chi connectivity index (χ1v) is 6.99. The Morgan fingerprint density at radius 2 is 2.38 bits per heavy atom. The van der Waals surface area contributed by atoms with Crippen LogP contribution in [0.5, 0.6) is 0 Å². The van der Waals surface area contributed by atoms with Gasteiger partial charge in [-0.25, -0.2) is 0 Å². The predicted molar refractivity (Wildman–Crippen MR) is 53.8 cm³/mol. The Morgan fingerprint density at radius 1 is 1.62 bits per heavy atom. The molecule has 3 heteroatoms. The van der Waals surface area contributed by atoms with E-state index < -0.39 is 0 Å². The van der Waals surface area contributed by atoms with Gasteiger partial charge in [0, 0.05) is 27.0 Å². The molecule has 48 valence electrons. The molecule has 0 amide bonds. The van der Waals surface area contributed by atoms with E-state index in [1.807, 2.05) is 11.8 Å². The van der Waals surface area contributed by atoms with E-state index in [9.17, 15) is 0 Å². The van der Waals surface area contributed by atoms with Gasteiger partial charge in [-0.1, -0.05) is 21.9 Å². The summed E-state index contributed by atoms with van der Waals surface area (Å²) in [5.74, 6) is 2.38. The van der Waals surface area contributed by atoms with E-state index in [0.29, 0.717) is 0 Å².